The largest absolute Gasteiger partial charge is 0.295 e. The molecule has 0 radical (unpaired) electrons. The highest BCUT2D eigenvalue weighted by molar-refractivity contribution is 5.96. The van der Waals surface area contributed by atoms with E-state index in [9.17, 15) is 4.79 Å². The van der Waals surface area contributed by atoms with Crippen LogP contribution in [0.3, 0.4) is 0 Å². The second kappa shape index (κ2) is 6.38. The van der Waals surface area contributed by atoms with Gasteiger partial charge < -0.3 is 0 Å². The minimum Gasteiger partial charge on any atom is -0.295 e. The molecule has 0 unspecified atom stereocenters. The third kappa shape index (κ3) is 2.83. The normalized spacial score (nSPS) is 25.6. The number of rotatable bonds is 2. The van der Waals surface area contributed by atoms with Crippen LogP contribution >= 0.6 is 0 Å². The number of nitrogens with one attached hydrogen (secondary N) is 1. The van der Waals surface area contributed by atoms with Crippen molar-refractivity contribution >= 4 is 17.3 Å². The molecular formula is C19H24N4O. The van der Waals surface area contributed by atoms with Gasteiger partial charge in [-0.2, -0.15) is 5.10 Å². The van der Waals surface area contributed by atoms with E-state index in [1.165, 1.54) is 32.1 Å². The van der Waals surface area contributed by atoms with Gasteiger partial charge in [0.2, 0.25) is 0 Å². The molecule has 24 heavy (non-hydrogen) atoms. The molecule has 2 aliphatic carbocycles. The fourth-order valence-electron chi connectivity index (χ4n) is 4.36. The lowest BCUT2D eigenvalue weighted by Crippen LogP contribution is -2.30. The van der Waals surface area contributed by atoms with E-state index in [2.05, 4.69) is 15.5 Å². The van der Waals surface area contributed by atoms with Gasteiger partial charge in [0.25, 0.3) is 5.91 Å². The zero-order chi connectivity index (χ0) is 16.5. The zero-order valence-electron chi connectivity index (χ0n) is 14.2. The van der Waals surface area contributed by atoms with Crippen molar-refractivity contribution < 1.29 is 4.79 Å². The summed E-state index contributed by atoms with van der Waals surface area (Å²) in [6.07, 6.45) is 10.6. The minimum atomic E-state index is -0.176. The van der Waals surface area contributed by atoms with Crippen molar-refractivity contribution in [1.82, 2.24) is 14.8 Å². The Morgan fingerprint density at radius 1 is 1.25 bits per heavy atom. The van der Waals surface area contributed by atoms with Crippen LogP contribution in [0.1, 0.15) is 61.1 Å². The number of hydrazone groups is 1. The van der Waals surface area contributed by atoms with Crippen LogP contribution < -0.4 is 5.43 Å². The van der Waals surface area contributed by atoms with Gasteiger partial charge in [0.1, 0.15) is 11.3 Å². The van der Waals surface area contributed by atoms with E-state index < -0.39 is 0 Å². The molecule has 5 heteroatoms. The van der Waals surface area contributed by atoms with Crippen molar-refractivity contribution in [3.05, 3.63) is 35.8 Å². The van der Waals surface area contributed by atoms with Gasteiger partial charge in [-0.15, -0.1) is 0 Å². The number of aromatic nitrogens is 2. The molecule has 2 heterocycles. The molecule has 2 fully saturated rings. The molecular weight excluding hydrogens is 300 g/mol. The maximum atomic E-state index is 12.6. The van der Waals surface area contributed by atoms with E-state index in [1.54, 1.807) is 0 Å². The Labute approximate surface area is 142 Å². The number of imidazole rings is 1. The van der Waals surface area contributed by atoms with Crippen LogP contribution in [0.2, 0.25) is 0 Å². The zero-order valence-corrected chi connectivity index (χ0v) is 14.2. The predicted octanol–water partition coefficient (Wildman–Crippen LogP) is 3.72. The van der Waals surface area contributed by atoms with E-state index in [0.717, 1.165) is 41.7 Å². The average Bonchev–Trinajstić information content (AvgIpc) is 2.95. The standard InChI is InChI=1S/C19H24N4O/c1-13-18(23-11-5-4-8-17(23)20-13)19(24)22-21-16-10-9-14-6-2-3-7-15(14)12-16/h4-5,8,11,14-15H,2-3,6-7,9-10,12H2,1H3,(H,22,24)/b21-16-/t14-,15+/m0/s1. The number of hydrogen-bond donors (Lipinski definition) is 1. The molecule has 1 amide bonds. The van der Waals surface area contributed by atoms with E-state index >= 15 is 0 Å². The second-order valence-electron chi connectivity index (χ2n) is 7.14. The molecule has 0 aromatic carbocycles. The lowest BCUT2D eigenvalue weighted by atomic mass is 9.70. The van der Waals surface area contributed by atoms with Crippen LogP contribution in [0, 0.1) is 18.8 Å². The summed E-state index contributed by atoms with van der Waals surface area (Å²) in [6.45, 7) is 1.86. The Morgan fingerprint density at radius 2 is 2.08 bits per heavy atom. The highest BCUT2D eigenvalue weighted by Crippen LogP contribution is 2.39. The summed E-state index contributed by atoms with van der Waals surface area (Å²) in [4.78, 5) is 17.0. The van der Waals surface area contributed by atoms with E-state index in [0.29, 0.717) is 5.69 Å². The van der Waals surface area contributed by atoms with Gasteiger partial charge in [-0.3, -0.25) is 9.20 Å². The minimum absolute atomic E-state index is 0.176. The summed E-state index contributed by atoms with van der Waals surface area (Å²) >= 11 is 0. The molecule has 4 rings (SSSR count). The molecule has 2 aliphatic rings. The van der Waals surface area contributed by atoms with Gasteiger partial charge in [-0.05, 0) is 56.6 Å². The second-order valence-corrected chi connectivity index (χ2v) is 7.14. The molecule has 126 valence electrons. The smallest absolute Gasteiger partial charge is 0.290 e. The lowest BCUT2D eigenvalue weighted by Gasteiger charge is -2.35. The number of amides is 1. The van der Waals surface area contributed by atoms with Gasteiger partial charge in [0.15, 0.2) is 0 Å². The Morgan fingerprint density at radius 3 is 2.96 bits per heavy atom. The Kier molecular flexibility index (Phi) is 4.08. The third-order valence-electron chi connectivity index (χ3n) is 5.60. The van der Waals surface area contributed by atoms with Crippen molar-refractivity contribution in [2.45, 2.75) is 51.9 Å². The number of fused-ring (bicyclic) bond motifs is 2. The van der Waals surface area contributed by atoms with Crippen LogP contribution in [0.15, 0.2) is 29.5 Å². The predicted molar refractivity (Wildman–Crippen MR) is 94.1 cm³/mol. The van der Waals surface area contributed by atoms with E-state index in [-0.39, 0.29) is 5.91 Å². The lowest BCUT2D eigenvalue weighted by molar-refractivity contribution is 0.0947. The Hall–Kier alpha value is -2.17. The molecule has 1 N–H and O–H groups in total. The van der Waals surface area contributed by atoms with Crippen molar-refractivity contribution in [1.29, 1.82) is 0 Å². The molecule has 2 aromatic heterocycles. The van der Waals surface area contributed by atoms with Crippen molar-refractivity contribution in [2.24, 2.45) is 16.9 Å². The summed E-state index contributed by atoms with van der Waals surface area (Å²) in [5.74, 6) is 1.49. The van der Waals surface area contributed by atoms with Gasteiger partial charge in [0.05, 0.1) is 5.69 Å². The van der Waals surface area contributed by atoms with Crippen LogP contribution in [-0.2, 0) is 0 Å². The van der Waals surface area contributed by atoms with Gasteiger partial charge in [0, 0.05) is 11.9 Å². The van der Waals surface area contributed by atoms with E-state index in [4.69, 9.17) is 0 Å². The first kappa shape index (κ1) is 15.4. The number of hydrogen-bond acceptors (Lipinski definition) is 3. The van der Waals surface area contributed by atoms with Gasteiger partial charge >= 0.3 is 0 Å². The number of nitrogens with zero attached hydrogens (tertiary/aromatic N) is 3. The number of carbonyl (C=O) groups is 1. The molecule has 2 aromatic rings. The highest BCUT2D eigenvalue weighted by Gasteiger charge is 2.30. The maximum Gasteiger partial charge on any atom is 0.290 e. The first-order valence-electron chi connectivity index (χ1n) is 9.02. The summed E-state index contributed by atoms with van der Waals surface area (Å²) < 4.78 is 1.82. The fraction of sp³-hybridized carbons (Fsp3) is 0.526. The molecule has 0 spiro atoms. The summed E-state index contributed by atoms with van der Waals surface area (Å²) in [6, 6.07) is 5.73. The fourth-order valence-corrected chi connectivity index (χ4v) is 4.36. The molecule has 5 nitrogen and oxygen atoms in total. The summed E-state index contributed by atoms with van der Waals surface area (Å²) in [5, 5.41) is 4.45. The van der Waals surface area contributed by atoms with Gasteiger partial charge in [-0.25, -0.2) is 10.4 Å². The van der Waals surface area contributed by atoms with Crippen molar-refractivity contribution in [3.8, 4) is 0 Å². The SMILES string of the molecule is Cc1nc2ccccn2c1C(=O)N/N=C1/CC[C@@H]2CCCC[C@@H]2C1. The van der Waals surface area contributed by atoms with E-state index in [1.807, 2.05) is 35.7 Å². The Bertz CT molecular complexity index is 792. The number of pyridine rings is 1. The monoisotopic (exact) mass is 324 g/mol. The quantitative estimate of drug-likeness (QED) is 0.856. The molecule has 0 bridgehead atoms. The molecule has 0 aliphatic heterocycles. The van der Waals surface area contributed by atoms with Crippen molar-refractivity contribution in [3.63, 3.8) is 0 Å². The number of aryl methyl sites for hydroxylation is 1. The molecule has 0 saturated heterocycles. The van der Waals surface area contributed by atoms with Crippen molar-refractivity contribution in [2.75, 3.05) is 0 Å². The first-order valence-corrected chi connectivity index (χ1v) is 9.02. The topological polar surface area (TPSA) is 58.8 Å². The third-order valence-corrected chi connectivity index (χ3v) is 5.60. The first-order chi connectivity index (χ1) is 11.7. The van der Waals surface area contributed by atoms with Gasteiger partial charge in [-0.1, -0.05) is 25.3 Å². The summed E-state index contributed by atoms with van der Waals surface area (Å²) in [5.41, 5.74) is 6.01. The van der Waals surface area contributed by atoms with Crippen LogP contribution in [-0.4, -0.2) is 21.0 Å². The van der Waals surface area contributed by atoms with Crippen LogP contribution in [0.25, 0.3) is 5.65 Å². The maximum absolute atomic E-state index is 12.6. The van der Waals surface area contributed by atoms with Crippen LogP contribution in [0.4, 0.5) is 0 Å². The molecule has 2 atom stereocenters. The molecule has 2 saturated carbocycles. The Balaban J connectivity index is 1.49. The summed E-state index contributed by atoms with van der Waals surface area (Å²) in [7, 11) is 0. The highest BCUT2D eigenvalue weighted by atomic mass is 16.2. The number of carbonyl (C=O) groups excluding carboxylic acids is 1. The average molecular weight is 324 g/mol. The van der Waals surface area contributed by atoms with Crippen LogP contribution in [0.5, 0.6) is 0 Å².